The number of sulfone groups is 1. The van der Waals surface area contributed by atoms with Gasteiger partial charge < -0.3 is 5.73 Å². The first-order valence-electron chi connectivity index (χ1n) is 5.06. The van der Waals surface area contributed by atoms with Crippen molar-refractivity contribution in [3.63, 3.8) is 0 Å². The van der Waals surface area contributed by atoms with Crippen LogP contribution in [0.3, 0.4) is 0 Å². The number of hydrogen-bond donors (Lipinski definition) is 1. The van der Waals surface area contributed by atoms with Crippen LogP contribution in [0.5, 0.6) is 0 Å². The summed E-state index contributed by atoms with van der Waals surface area (Å²) in [5.74, 6) is -0.911. The molecule has 0 radical (unpaired) electrons. The van der Waals surface area contributed by atoms with Gasteiger partial charge in [0.1, 0.15) is 5.82 Å². The van der Waals surface area contributed by atoms with Crippen molar-refractivity contribution in [3.8, 4) is 0 Å². The molecular weight excluding hydrogens is 261 g/mol. The first kappa shape index (κ1) is 12.4. The first-order chi connectivity index (χ1) is 7.82. The molecule has 1 aliphatic carbocycles. The number of rotatable bonds is 3. The third-order valence-electron chi connectivity index (χ3n) is 3.03. The van der Waals surface area contributed by atoms with E-state index in [0.717, 1.165) is 5.56 Å². The summed E-state index contributed by atoms with van der Waals surface area (Å²) in [6.45, 7) is 0. The summed E-state index contributed by atoms with van der Waals surface area (Å²) in [6, 6.07) is 5.78. The van der Waals surface area contributed by atoms with Gasteiger partial charge in [0.15, 0.2) is 9.84 Å². The Balaban J connectivity index is 2.34. The lowest BCUT2D eigenvalue weighted by Crippen LogP contribution is -2.16. The summed E-state index contributed by atoms with van der Waals surface area (Å²) in [5.41, 5.74) is 6.30. The maximum Gasteiger partial charge on any atom is 0.151 e. The molecule has 1 aliphatic rings. The molecule has 2 N–H and O–H groups in total. The minimum Gasteiger partial charge on any atom is -0.393 e. The Morgan fingerprint density at radius 1 is 1.35 bits per heavy atom. The molecule has 3 nitrogen and oxygen atoms in total. The van der Waals surface area contributed by atoms with E-state index in [2.05, 4.69) is 0 Å². The van der Waals surface area contributed by atoms with Gasteiger partial charge in [0.2, 0.25) is 0 Å². The number of thiocarbonyl (C=S) groups is 1. The molecule has 0 spiro atoms. The second kappa shape index (κ2) is 4.03. The van der Waals surface area contributed by atoms with Crippen LogP contribution in [0.15, 0.2) is 24.3 Å². The fourth-order valence-electron chi connectivity index (χ4n) is 2.24. The van der Waals surface area contributed by atoms with E-state index in [1.165, 1.54) is 18.4 Å². The minimum atomic E-state index is -3.19. The molecule has 1 aromatic rings. The third kappa shape index (κ3) is 2.32. The van der Waals surface area contributed by atoms with Crippen LogP contribution >= 0.6 is 12.2 Å². The highest BCUT2D eigenvalue weighted by Crippen LogP contribution is 2.52. The Kier molecular flexibility index (Phi) is 2.95. The second-order valence-corrected chi connectivity index (χ2v) is 6.97. The summed E-state index contributed by atoms with van der Waals surface area (Å²) in [7, 11) is -3.19. The third-order valence-corrected chi connectivity index (χ3v) is 4.88. The normalized spacial score (nSPS) is 27.8. The Morgan fingerprint density at radius 2 is 1.88 bits per heavy atom. The quantitative estimate of drug-likeness (QED) is 0.842. The monoisotopic (exact) mass is 273 g/mol. The van der Waals surface area contributed by atoms with E-state index >= 15 is 0 Å². The lowest BCUT2D eigenvalue weighted by Gasteiger charge is -1.99. The molecule has 0 aromatic heterocycles. The molecule has 3 atom stereocenters. The van der Waals surface area contributed by atoms with Crippen LogP contribution in [-0.4, -0.2) is 24.9 Å². The van der Waals surface area contributed by atoms with Crippen LogP contribution in [-0.2, 0) is 9.84 Å². The molecule has 0 saturated heterocycles. The molecule has 1 fully saturated rings. The fraction of sp³-hybridized carbons (Fsp3) is 0.364. The maximum atomic E-state index is 12.8. The summed E-state index contributed by atoms with van der Waals surface area (Å²) in [5, 5.41) is -0.564. The summed E-state index contributed by atoms with van der Waals surface area (Å²) in [4.78, 5) is 0.203. The SMILES string of the molecule is CS(=O)(=O)[C@H]1[C@@H](C(N)=S)[C@@H]1c1ccc(F)cc1. The summed E-state index contributed by atoms with van der Waals surface area (Å²) < 4.78 is 35.9. The van der Waals surface area contributed by atoms with Gasteiger partial charge in [-0.1, -0.05) is 24.4 Å². The van der Waals surface area contributed by atoms with E-state index in [4.69, 9.17) is 18.0 Å². The number of nitrogens with two attached hydrogens (primary N) is 1. The molecule has 0 unspecified atom stereocenters. The van der Waals surface area contributed by atoms with Crippen LogP contribution in [0.25, 0.3) is 0 Å². The average molecular weight is 273 g/mol. The lowest BCUT2D eigenvalue weighted by molar-refractivity contribution is 0.599. The summed E-state index contributed by atoms with van der Waals surface area (Å²) in [6.07, 6.45) is 1.17. The van der Waals surface area contributed by atoms with E-state index < -0.39 is 15.1 Å². The highest BCUT2D eigenvalue weighted by atomic mass is 32.2. The zero-order chi connectivity index (χ0) is 12.8. The topological polar surface area (TPSA) is 60.2 Å². The molecule has 0 bridgehead atoms. The van der Waals surface area contributed by atoms with Crippen LogP contribution in [0.2, 0.25) is 0 Å². The van der Waals surface area contributed by atoms with Gasteiger partial charge in [-0.15, -0.1) is 0 Å². The van der Waals surface area contributed by atoms with Crippen molar-refractivity contribution >= 4 is 27.0 Å². The highest BCUT2D eigenvalue weighted by Gasteiger charge is 2.58. The van der Waals surface area contributed by atoms with E-state index in [1.54, 1.807) is 12.1 Å². The standard InChI is InChI=1S/C11H12FNO2S2/c1-17(14,15)10-8(9(10)11(13)16)6-2-4-7(12)5-3-6/h2-5,8-10H,1H3,(H2,13,16)/t8-,9-,10+/m0/s1. The van der Waals surface area contributed by atoms with Gasteiger partial charge in [0, 0.05) is 18.1 Å². The Bertz CT molecular complexity index is 553. The molecule has 1 aromatic carbocycles. The summed E-state index contributed by atoms with van der Waals surface area (Å²) >= 11 is 4.87. The molecule has 0 amide bonds. The van der Waals surface area contributed by atoms with E-state index in [-0.39, 0.29) is 22.6 Å². The van der Waals surface area contributed by atoms with Crippen LogP contribution in [0, 0.1) is 11.7 Å². The molecule has 0 aliphatic heterocycles. The molecule has 0 heterocycles. The van der Waals surface area contributed by atoms with Crippen molar-refractivity contribution in [1.82, 2.24) is 0 Å². The average Bonchev–Trinajstić information content (AvgIpc) is 2.93. The van der Waals surface area contributed by atoms with Gasteiger partial charge in [-0.05, 0) is 17.7 Å². The van der Waals surface area contributed by atoms with Crippen LogP contribution in [0.4, 0.5) is 4.39 Å². The molecule has 92 valence electrons. The number of hydrogen-bond acceptors (Lipinski definition) is 3. The zero-order valence-corrected chi connectivity index (χ0v) is 10.8. The number of benzene rings is 1. The molecule has 17 heavy (non-hydrogen) atoms. The van der Waals surface area contributed by atoms with Crippen molar-refractivity contribution in [3.05, 3.63) is 35.6 Å². The van der Waals surface area contributed by atoms with E-state index in [9.17, 15) is 12.8 Å². The van der Waals surface area contributed by atoms with Crippen LogP contribution < -0.4 is 5.73 Å². The van der Waals surface area contributed by atoms with Gasteiger partial charge in [0.05, 0.1) is 10.2 Å². The first-order valence-corrected chi connectivity index (χ1v) is 7.42. The van der Waals surface area contributed by atoms with Crippen molar-refractivity contribution in [2.24, 2.45) is 11.7 Å². The Labute approximate surface area is 105 Å². The maximum absolute atomic E-state index is 12.8. The van der Waals surface area contributed by atoms with Gasteiger partial charge in [-0.3, -0.25) is 0 Å². The second-order valence-electron chi connectivity index (χ2n) is 4.30. The van der Waals surface area contributed by atoms with Crippen molar-refractivity contribution in [2.75, 3.05) is 6.26 Å². The molecule has 1 saturated carbocycles. The van der Waals surface area contributed by atoms with Crippen LogP contribution in [0.1, 0.15) is 11.5 Å². The largest absolute Gasteiger partial charge is 0.393 e. The smallest absolute Gasteiger partial charge is 0.151 e. The molecular formula is C11H12FNO2S2. The van der Waals surface area contributed by atoms with Crippen molar-refractivity contribution in [1.29, 1.82) is 0 Å². The van der Waals surface area contributed by atoms with Gasteiger partial charge >= 0.3 is 0 Å². The van der Waals surface area contributed by atoms with Crippen molar-refractivity contribution < 1.29 is 12.8 Å². The predicted octanol–water partition coefficient (Wildman–Crippen LogP) is 1.24. The van der Waals surface area contributed by atoms with E-state index in [1.807, 2.05) is 0 Å². The Morgan fingerprint density at radius 3 is 2.24 bits per heavy atom. The van der Waals surface area contributed by atoms with Gasteiger partial charge in [0.25, 0.3) is 0 Å². The lowest BCUT2D eigenvalue weighted by atomic mass is 10.1. The predicted molar refractivity (Wildman–Crippen MR) is 68.0 cm³/mol. The van der Waals surface area contributed by atoms with Crippen molar-refractivity contribution in [2.45, 2.75) is 11.2 Å². The van der Waals surface area contributed by atoms with Gasteiger partial charge in [-0.25, -0.2) is 12.8 Å². The zero-order valence-electron chi connectivity index (χ0n) is 9.13. The molecule has 6 heteroatoms. The Hall–Kier alpha value is -1.01. The fourth-order valence-corrected chi connectivity index (χ4v) is 4.23. The minimum absolute atomic E-state index is 0.203. The highest BCUT2D eigenvalue weighted by molar-refractivity contribution is 7.91. The van der Waals surface area contributed by atoms with Gasteiger partial charge in [-0.2, -0.15) is 0 Å². The number of halogens is 1. The van der Waals surface area contributed by atoms with E-state index in [0.29, 0.717) is 0 Å². The molecule has 2 rings (SSSR count).